The normalized spacial score (nSPS) is 18.6. The zero-order valence-corrected chi connectivity index (χ0v) is 16.9. The Morgan fingerprint density at radius 2 is 1.90 bits per heavy atom. The molecule has 2 heterocycles. The van der Waals surface area contributed by atoms with Crippen LogP contribution in [0.2, 0.25) is 0 Å². The predicted molar refractivity (Wildman–Crippen MR) is 116 cm³/mol. The predicted octanol–water partition coefficient (Wildman–Crippen LogP) is 4.27. The number of anilines is 2. The molecule has 1 saturated carbocycles. The van der Waals surface area contributed by atoms with Crippen LogP contribution in [0.3, 0.4) is 0 Å². The van der Waals surface area contributed by atoms with E-state index >= 15 is 0 Å². The Kier molecular flexibility index (Phi) is 4.83. The van der Waals surface area contributed by atoms with Crippen LogP contribution in [-0.4, -0.2) is 35.6 Å². The molecule has 5 rings (SSSR count). The van der Waals surface area contributed by atoms with Gasteiger partial charge in [0.25, 0.3) is 0 Å². The van der Waals surface area contributed by atoms with Crippen LogP contribution in [0.25, 0.3) is 0 Å². The maximum atomic E-state index is 12.6. The molecular formula is C22H23N3O3S. The van der Waals surface area contributed by atoms with Gasteiger partial charge in [-0.15, -0.1) is 0 Å². The van der Waals surface area contributed by atoms with Crippen molar-refractivity contribution in [1.82, 2.24) is 0 Å². The van der Waals surface area contributed by atoms with E-state index in [9.17, 15) is 4.79 Å². The molecule has 1 amide bonds. The number of ether oxygens (including phenoxy) is 2. The Balaban J connectivity index is 1.28. The molecule has 0 unspecified atom stereocenters. The lowest BCUT2D eigenvalue weighted by molar-refractivity contribution is -0.113. The molecule has 1 aliphatic carbocycles. The monoisotopic (exact) mass is 409 g/mol. The molecule has 1 fully saturated rings. The number of nitrogens with one attached hydrogen (secondary N) is 2. The van der Waals surface area contributed by atoms with Gasteiger partial charge in [0.1, 0.15) is 23.9 Å². The summed E-state index contributed by atoms with van der Waals surface area (Å²) in [5.41, 5.74) is 2.68. The molecule has 1 spiro atoms. The summed E-state index contributed by atoms with van der Waals surface area (Å²) in [4.78, 5) is 17.6. The molecule has 2 aromatic rings. The Morgan fingerprint density at radius 3 is 2.76 bits per heavy atom. The minimum Gasteiger partial charge on any atom is -0.486 e. The van der Waals surface area contributed by atoms with E-state index in [1.165, 1.54) is 24.6 Å². The molecule has 6 nitrogen and oxygen atoms in total. The zero-order valence-electron chi connectivity index (χ0n) is 16.1. The molecule has 2 aromatic carbocycles. The molecule has 0 radical (unpaired) electrons. The number of benzene rings is 2. The van der Waals surface area contributed by atoms with E-state index in [0.29, 0.717) is 36.2 Å². The quantitative estimate of drug-likeness (QED) is 0.792. The SMILES string of the molecule is O=C(CSC1=NC2(CCCC2)Nc2ccccc21)Nc1ccc2c(c1)OCCO2. The van der Waals surface area contributed by atoms with Crippen molar-refractivity contribution in [2.75, 3.05) is 29.6 Å². The molecule has 3 aliphatic rings. The van der Waals surface area contributed by atoms with E-state index in [1.54, 1.807) is 0 Å². The summed E-state index contributed by atoms with van der Waals surface area (Å²) in [6.45, 7) is 1.07. The average molecular weight is 410 g/mol. The number of para-hydroxylation sites is 1. The Morgan fingerprint density at radius 1 is 1.10 bits per heavy atom. The molecule has 0 bridgehead atoms. The first-order chi connectivity index (χ1) is 14.2. The smallest absolute Gasteiger partial charge is 0.234 e. The number of thioether (sulfide) groups is 1. The minimum absolute atomic E-state index is 0.0640. The summed E-state index contributed by atoms with van der Waals surface area (Å²) in [5, 5.41) is 7.53. The number of nitrogens with zero attached hydrogens (tertiary/aromatic N) is 1. The highest BCUT2D eigenvalue weighted by atomic mass is 32.2. The van der Waals surface area contributed by atoms with E-state index < -0.39 is 0 Å². The first-order valence-electron chi connectivity index (χ1n) is 10.0. The van der Waals surface area contributed by atoms with Gasteiger partial charge in [0.05, 0.1) is 5.75 Å². The van der Waals surface area contributed by atoms with Gasteiger partial charge in [-0.25, -0.2) is 4.99 Å². The lowest BCUT2D eigenvalue weighted by atomic mass is 10.0. The summed E-state index contributed by atoms with van der Waals surface area (Å²) >= 11 is 1.50. The fraction of sp³-hybridized carbons (Fsp3) is 0.364. The summed E-state index contributed by atoms with van der Waals surface area (Å²) < 4.78 is 11.1. The van der Waals surface area contributed by atoms with Crippen molar-refractivity contribution in [2.24, 2.45) is 4.99 Å². The number of fused-ring (bicyclic) bond motifs is 2. The average Bonchev–Trinajstić information content (AvgIpc) is 3.19. The van der Waals surface area contributed by atoms with Crippen LogP contribution in [0.15, 0.2) is 47.5 Å². The maximum absolute atomic E-state index is 12.6. The highest BCUT2D eigenvalue weighted by molar-refractivity contribution is 8.15. The highest BCUT2D eigenvalue weighted by Crippen LogP contribution is 2.40. The Hall–Kier alpha value is -2.67. The summed E-state index contributed by atoms with van der Waals surface area (Å²) in [5.74, 6) is 1.62. The molecule has 2 aliphatic heterocycles. The van der Waals surface area contributed by atoms with Gasteiger partial charge >= 0.3 is 0 Å². The van der Waals surface area contributed by atoms with Gasteiger partial charge < -0.3 is 20.1 Å². The molecule has 0 atom stereocenters. The second kappa shape index (κ2) is 7.63. The summed E-state index contributed by atoms with van der Waals surface area (Å²) in [6, 6.07) is 13.7. The van der Waals surface area contributed by atoms with Gasteiger partial charge in [0, 0.05) is 23.0 Å². The van der Waals surface area contributed by atoms with Crippen molar-refractivity contribution in [2.45, 2.75) is 31.3 Å². The fourth-order valence-electron chi connectivity index (χ4n) is 4.07. The third-order valence-corrected chi connectivity index (χ3v) is 6.43. The molecule has 0 saturated heterocycles. The van der Waals surface area contributed by atoms with Crippen molar-refractivity contribution in [3.63, 3.8) is 0 Å². The number of hydrogen-bond donors (Lipinski definition) is 2. The number of aliphatic imine (C=N–C) groups is 1. The van der Waals surface area contributed by atoms with E-state index in [-0.39, 0.29) is 11.6 Å². The van der Waals surface area contributed by atoms with E-state index in [4.69, 9.17) is 14.5 Å². The number of amides is 1. The van der Waals surface area contributed by atoms with Gasteiger partial charge in [-0.1, -0.05) is 30.0 Å². The van der Waals surface area contributed by atoms with E-state index in [1.807, 2.05) is 30.3 Å². The van der Waals surface area contributed by atoms with Crippen molar-refractivity contribution in [1.29, 1.82) is 0 Å². The number of carbonyl (C=O) groups is 1. The number of rotatable bonds is 3. The summed E-state index contributed by atoms with van der Waals surface area (Å²) in [6.07, 6.45) is 4.44. The largest absolute Gasteiger partial charge is 0.486 e. The maximum Gasteiger partial charge on any atom is 0.234 e. The van der Waals surface area contributed by atoms with Crippen molar-refractivity contribution in [3.8, 4) is 11.5 Å². The van der Waals surface area contributed by atoms with Crippen LogP contribution in [0.1, 0.15) is 31.2 Å². The van der Waals surface area contributed by atoms with Crippen molar-refractivity contribution < 1.29 is 14.3 Å². The van der Waals surface area contributed by atoms with Crippen LogP contribution in [0.5, 0.6) is 11.5 Å². The van der Waals surface area contributed by atoms with Gasteiger partial charge in [0.2, 0.25) is 5.91 Å². The third kappa shape index (κ3) is 3.79. The first-order valence-corrected chi connectivity index (χ1v) is 11.0. The van der Waals surface area contributed by atoms with Crippen LogP contribution in [-0.2, 0) is 4.79 Å². The van der Waals surface area contributed by atoms with Gasteiger partial charge in [-0.2, -0.15) is 0 Å². The lowest BCUT2D eigenvalue weighted by Crippen LogP contribution is -2.37. The lowest BCUT2D eigenvalue weighted by Gasteiger charge is -2.33. The number of hydrogen-bond acceptors (Lipinski definition) is 6. The first kappa shape index (κ1) is 18.4. The Bertz CT molecular complexity index is 970. The van der Waals surface area contributed by atoms with Crippen molar-refractivity contribution in [3.05, 3.63) is 48.0 Å². The minimum atomic E-state index is -0.205. The van der Waals surface area contributed by atoms with Gasteiger partial charge in [-0.3, -0.25) is 4.79 Å². The molecule has 7 heteroatoms. The molecule has 150 valence electrons. The van der Waals surface area contributed by atoms with E-state index in [0.717, 1.165) is 29.1 Å². The molecular weight excluding hydrogens is 386 g/mol. The van der Waals surface area contributed by atoms with Crippen molar-refractivity contribution >= 4 is 34.1 Å². The zero-order chi connectivity index (χ0) is 19.7. The van der Waals surface area contributed by atoms with Gasteiger partial charge in [0.15, 0.2) is 11.5 Å². The molecule has 2 N–H and O–H groups in total. The molecule has 0 aromatic heterocycles. The third-order valence-electron chi connectivity index (χ3n) is 5.44. The standard InChI is InChI=1S/C22H23N3O3S/c26-20(23-15-7-8-18-19(13-15)28-12-11-27-18)14-29-21-16-5-1-2-6-17(16)24-22(25-21)9-3-4-10-22/h1-2,5-8,13,24H,3-4,9-12,14H2,(H,23,26). The van der Waals surface area contributed by atoms with Crippen LogP contribution in [0.4, 0.5) is 11.4 Å². The number of carbonyl (C=O) groups excluding carboxylic acids is 1. The highest BCUT2D eigenvalue weighted by Gasteiger charge is 2.37. The van der Waals surface area contributed by atoms with Crippen LogP contribution < -0.4 is 20.1 Å². The van der Waals surface area contributed by atoms with Gasteiger partial charge in [-0.05, 0) is 43.9 Å². The molecule has 29 heavy (non-hydrogen) atoms. The van der Waals surface area contributed by atoms with Crippen LogP contribution in [0, 0.1) is 0 Å². The second-order valence-corrected chi connectivity index (χ2v) is 8.49. The Labute approximate surface area is 174 Å². The van der Waals surface area contributed by atoms with E-state index in [2.05, 4.69) is 22.8 Å². The van der Waals surface area contributed by atoms with Crippen LogP contribution >= 0.6 is 11.8 Å². The topological polar surface area (TPSA) is 72.0 Å². The second-order valence-electron chi connectivity index (χ2n) is 7.52. The summed E-state index contributed by atoms with van der Waals surface area (Å²) in [7, 11) is 0. The fourth-order valence-corrected chi connectivity index (χ4v) is 4.98.